The molecule has 0 atom stereocenters. The van der Waals surface area contributed by atoms with E-state index in [1.165, 1.54) is 0 Å². The summed E-state index contributed by atoms with van der Waals surface area (Å²) < 4.78 is 5.46. The first kappa shape index (κ1) is 18.1. The summed E-state index contributed by atoms with van der Waals surface area (Å²) in [6.45, 7) is 11.8. The molecule has 0 aliphatic rings. The number of carbonyl (C=O) groups is 1. The zero-order valence-electron chi connectivity index (χ0n) is 13.8. The molecule has 0 heterocycles. The van der Waals surface area contributed by atoms with Crippen molar-refractivity contribution in [3.05, 3.63) is 28.8 Å². The van der Waals surface area contributed by atoms with E-state index in [1.807, 2.05) is 12.1 Å². The maximum atomic E-state index is 11.6. The maximum absolute atomic E-state index is 11.6. The van der Waals surface area contributed by atoms with Gasteiger partial charge >= 0.3 is 5.97 Å². The summed E-state index contributed by atoms with van der Waals surface area (Å²) in [5.41, 5.74) is 2.66. The van der Waals surface area contributed by atoms with Crippen molar-refractivity contribution >= 4 is 18.6 Å². The molecule has 0 aliphatic carbocycles. The third kappa shape index (κ3) is 4.48. The second-order valence-electron chi connectivity index (χ2n) is 7.31. The molecule has 0 aliphatic heterocycles. The van der Waals surface area contributed by atoms with Crippen molar-refractivity contribution in [2.24, 2.45) is 0 Å². The van der Waals surface area contributed by atoms with E-state index in [-0.39, 0.29) is 10.8 Å². The molecular weight excluding hydrogens is 284 g/mol. The molecule has 1 aromatic rings. The topological polar surface area (TPSA) is 46.5 Å². The first-order valence-electron chi connectivity index (χ1n) is 7.11. The molecule has 21 heavy (non-hydrogen) atoms. The number of thiol groups is 1. The first-order valence-corrected chi connectivity index (χ1v) is 7.74. The van der Waals surface area contributed by atoms with Crippen LogP contribution in [0.15, 0.2) is 12.1 Å². The zero-order valence-corrected chi connectivity index (χ0v) is 14.7. The molecule has 0 amide bonds. The SMILES string of the molecule is CC(C)(C)c1cc(CS)cc(C(C)(C)C)c1OC(=O)CO. The van der Waals surface area contributed by atoms with Crippen LogP contribution in [-0.4, -0.2) is 17.7 Å². The molecule has 118 valence electrons. The summed E-state index contributed by atoms with van der Waals surface area (Å²) in [5.74, 6) is 0.560. The van der Waals surface area contributed by atoms with Crippen molar-refractivity contribution in [2.75, 3.05) is 6.61 Å². The van der Waals surface area contributed by atoms with Gasteiger partial charge in [0.15, 0.2) is 0 Å². The maximum Gasteiger partial charge on any atom is 0.337 e. The van der Waals surface area contributed by atoms with Crippen LogP contribution >= 0.6 is 12.6 Å². The Balaban J connectivity index is 3.63. The second-order valence-corrected chi connectivity index (χ2v) is 7.63. The molecule has 1 aromatic carbocycles. The molecular formula is C17H26O3S. The minimum Gasteiger partial charge on any atom is -0.424 e. The lowest BCUT2D eigenvalue weighted by Crippen LogP contribution is -2.23. The Morgan fingerprint density at radius 2 is 1.52 bits per heavy atom. The highest BCUT2D eigenvalue weighted by atomic mass is 32.1. The number of hydrogen-bond donors (Lipinski definition) is 2. The molecule has 0 saturated carbocycles. The summed E-state index contributed by atoms with van der Waals surface area (Å²) in [6, 6.07) is 4.06. The van der Waals surface area contributed by atoms with Crippen LogP contribution in [0, 0.1) is 0 Å². The number of carbonyl (C=O) groups excluding carboxylic acids is 1. The van der Waals surface area contributed by atoms with Gasteiger partial charge in [0.05, 0.1) is 0 Å². The summed E-state index contributed by atoms with van der Waals surface area (Å²) in [4.78, 5) is 11.6. The molecule has 1 N–H and O–H groups in total. The first-order chi connectivity index (χ1) is 9.50. The average molecular weight is 310 g/mol. The van der Waals surface area contributed by atoms with Crippen LogP contribution in [0.25, 0.3) is 0 Å². The van der Waals surface area contributed by atoms with Gasteiger partial charge in [0.2, 0.25) is 0 Å². The van der Waals surface area contributed by atoms with E-state index in [9.17, 15) is 4.79 Å². The Morgan fingerprint density at radius 1 is 1.10 bits per heavy atom. The van der Waals surface area contributed by atoms with Crippen molar-refractivity contribution in [1.29, 1.82) is 0 Å². The summed E-state index contributed by atoms with van der Waals surface area (Å²) >= 11 is 4.37. The van der Waals surface area contributed by atoms with E-state index < -0.39 is 12.6 Å². The minimum absolute atomic E-state index is 0.177. The highest BCUT2D eigenvalue weighted by Crippen LogP contribution is 2.41. The van der Waals surface area contributed by atoms with Gasteiger partial charge in [-0.3, -0.25) is 0 Å². The van der Waals surface area contributed by atoms with Crippen LogP contribution in [0.3, 0.4) is 0 Å². The summed E-state index contributed by atoms with van der Waals surface area (Å²) in [7, 11) is 0. The Labute approximate surface area is 133 Å². The van der Waals surface area contributed by atoms with Gasteiger partial charge in [-0.25, -0.2) is 4.79 Å². The van der Waals surface area contributed by atoms with Crippen molar-refractivity contribution in [2.45, 2.75) is 58.1 Å². The minimum atomic E-state index is -0.635. The molecule has 0 spiro atoms. The van der Waals surface area contributed by atoms with Crippen LogP contribution in [-0.2, 0) is 21.4 Å². The summed E-state index contributed by atoms with van der Waals surface area (Å²) in [6.07, 6.45) is 0. The van der Waals surface area contributed by atoms with E-state index in [4.69, 9.17) is 9.84 Å². The van der Waals surface area contributed by atoms with Gasteiger partial charge in [0.25, 0.3) is 0 Å². The van der Waals surface area contributed by atoms with Crippen molar-refractivity contribution in [3.63, 3.8) is 0 Å². The number of benzene rings is 1. The Bertz CT molecular complexity index is 487. The van der Waals surface area contributed by atoms with Crippen molar-refractivity contribution in [3.8, 4) is 5.75 Å². The van der Waals surface area contributed by atoms with Gasteiger partial charge in [0, 0.05) is 16.9 Å². The van der Waals surface area contributed by atoms with Crippen LogP contribution in [0.1, 0.15) is 58.2 Å². The van der Waals surface area contributed by atoms with E-state index in [1.54, 1.807) is 0 Å². The van der Waals surface area contributed by atoms with Crippen LogP contribution in [0.4, 0.5) is 0 Å². The molecule has 4 heteroatoms. The van der Waals surface area contributed by atoms with Crippen LogP contribution < -0.4 is 4.74 Å². The summed E-state index contributed by atoms with van der Waals surface area (Å²) in [5, 5.41) is 9.00. The lowest BCUT2D eigenvalue weighted by atomic mass is 9.78. The van der Waals surface area contributed by atoms with Gasteiger partial charge in [-0.05, 0) is 16.4 Å². The number of esters is 1. The van der Waals surface area contributed by atoms with Crippen LogP contribution in [0.2, 0.25) is 0 Å². The number of aliphatic hydroxyl groups excluding tert-OH is 1. The monoisotopic (exact) mass is 310 g/mol. The predicted octanol–water partition coefficient (Wildman–Crippen LogP) is 3.61. The van der Waals surface area contributed by atoms with Gasteiger partial charge in [-0.15, -0.1) is 0 Å². The standard InChI is InChI=1S/C17H26O3S/c1-16(2,3)12-7-11(10-21)8-13(17(4,5)6)15(12)20-14(19)9-18/h7-8,18,21H,9-10H2,1-6H3. The Kier molecular flexibility index (Phi) is 5.51. The molecule has 3 nitrogen and oxygen atoms in total. The zero-order chi connectivity index (χ0) is 16.4. The number of hydrogen-bond acceptors (Lipinski definition) is 4. The predicted molar refractivity (Wildman–Crippen MR) is 89.3 cm³/mol. The normalized spacial score (nSPS) is 12.4. The number of aliphatic hydroxyl groups is 1. The van der Waals surface area contributed by atoms with Gasteiger partial charge in [0.1, 0.15) is 12.4 Å². The molecule has 0 bridgehead atoms. The third-order valence-corrected chi connectivity index (χ3v) is 3.66. The van der Waals surface area contributed by atoms with Crippen LogP contribution in [0.5, 0.6) is 5.75 Å². The largest absolute Gasteiger partial charge is 0.424 e. The van der Waals surface area contributed by atoms with E-state index in [2.05, 4.69) is 54.2 Å². The lowest BCUT2D eigenvalue weighted by molar-refractivity contribution is -0.137. The molecule has 0 aromatic heterocycles. The van der Waals surface area contributed by atoms with E-state index in [0.717, 1.165) is 16.7 Å². The average Bonchev–Trinajstić information content (AvgIpc) is 2.35. The molecule has 0 fully saturated rings. The highest BCUT2D eigenvalue weighted by molar-refractivity contribution is 7.79. The number of rotatable bonds is 3. The van der Waals surface area contributed by atoms with E-state index in [0.29, 0.717) is 11.5 Å². The molecule has 0 saturated heterocycles. The smallest absolute Gasteiger partial charge is 0.337 e. The Morgan fingerprint density at radius 3 is 1.81 bits per heavy atom. The fourth-order valence-corrected chi connectivity index (χ4v) is 2.33. The fourth-order valence-electron chi connectivity index (χ4n) is 2.15. The van der Waals surface area contributed by atoms with E-state index >= 15 is 0 Å². The highest BCUT2D eigenvalue weighted by Gasteiger charge is 2.28. The van der Waals surface area contributed by atoms with Crippen molar-refractivity contribution in [1.82, 2.24) is 0 Å². The molecule has 0 radical (unpaired) electrons. The quantitative estimate of drug-likeness (QED) is 0.509. The third-order valence-electron chi connectivity index (χ3n) is 3.29. The van der Waals surface area contributed by atoms with Gasteiger partial charge in [-0.1, -0.05) is 53.7 Å². The van der Waals surface area contributed by atoms with Gasteiger partial charge in [-0.2, -0.15) is 12.6 Å². The van der Waals surface area contributed by atoms with Gasteiger partial charge < -0.3 is 9.84 Å². The fraction of sp³-hybridized carbons (Fsp3) is 0.588. The second kappa shape index (κ2) is 6.41. The molecule has 0 unspecified atom stereocenters. The van der Waals surface area contributed by atoms with Crippen molar-refractivity contribution < 1.29 is 14.6 Å². The number of ether oxygens (including phenoxy) is 1. The Hall–Kier alpha value is -1.00. The molecule has 1 rings (SSSR count). The lowest BCUT2D eigenvalue weighted by Gasteiger charge is -2.30.